The summed E-state index contributed by atoms with van der Waals surface area (Å²) in [7, 11) is -2.25. The van der Waals surface area contributed by atoms with Gasteiger partial charge >= 0.3 is 0 Å². The lowest BCUT2D eigenvalue weighted by atomic mass is 10.1. The monoisotopic (exact) mass is 311 g/mol. The maximum absolute atomic E-state index is 12.8. The highest BCUT2D eigenvalue weighted by molar-refractivity contribution is 7.89. The van der Waals surface area contributed by atoms with E-state index in [2.05, 4.69) is 0 Å². The Morgan fingerprint density at radius 3 is 2.57 bits per heavy atom. The van der Waals surface area contributed by atoms with Gasteiger partial charge in [0.05, 0.1) is 18.4 Å². The van der Waals surface area contributed by atoms with Crippen molar-refractivity contribution in [3.63, 3.8) is 0 Å². The molecule has 0 atom stereocenters. The lowest BCUT2D eigenvalue weighted by Crippen LogP contribution is -2.35. The summed E-state index contributed by atoms with van der Waals surface area (Å²) in [5.41, 5.74) is 7.58. The predicted molar refractivity (Wildman–Crippen MR) is 81.2 cm³/mol. The zero-order chi connectivity index (χ0) is 16.0. The Kier molecular flexibility index (Phi) is 6.15. The van der Waals surface area contributed by atoms with Gasteiger partial charge in [0.25, 0.3) is 0 Å². The van der Waals surface area contributed by atoms with E-state index in [4.69, 9.17) is 15.7 Å². The molecule has 116 valence electrons. The number of sulfonamides is 1. The Bertz CT molecular complexity index is 636. The molecule has 2 N–H and O–H groups in total. The van der Waals surface area contributed by atoms with E-state index >= 15 is 0 Å². The Balaban J connectivity index is 3.29. The molecule has 0 fully saturated rings. The van der Waals surface area contributed by atoms with Gasteiger partial charge in [0.15, 0.2) is 0 Å². The second kappa shape index (κ2) is 7.41. The number of aryl methyl sites for hydroxylation is 1. The number of nitrogen functional groups attached to an aromatic ring is 1. The molecule has 0 heterocycles. The van der Waals surface area contributed by atoms with Crippen molar-refractivity contribution in [2.45, 2.75) is 25.2 Å². The van der Waals surface area contributed by atoms with Crippen LogP contribution in [0.3, 0.4) is 0 Å². The van der Waals surface area contributed by atoms with Crippen LogP contribution in [-0.2, 0) is 14.8 Å². The first-order chi connectivity index (χ1) is 9.86. The predicted octanol–water partition coefficient (Wildman–Crippen LogP) is 1.44. The molecule has 6 nitrogen and oxygen atoms in total. The van der Waals surface area contributed by atoms with Crippen LogP contribution in [-0.4, -0.2) is 39.5 Å². The van der Waals surface area contributed by atoms with E-state index in [9.17, 15) is 8.42 Å². The fraction of sp³-hybridized carbons (Fsp3) is 0.500. The normalized spacial score (nSPS) is 11.6. The summed E-state index contributed by atoms with van der Waals surface area (Å²) < 4.78 is 31.8. The molecule has 0 aromatic heterocycles. The number of nitrogens with two attached hydrogens (primary N) is 1. The van der Waals surface area contributed by atoms with Gasteiger partial charge in [0, 0.05) is 26.6 Å². The standard InChI is InChI=1S/C14H21N3O3S/c1-11-5-6-13(16)14(12(11)2)21(18,19)17(8-4-7-15)9-10-20-3/h5-6H,4,8-10,16H2,1-3H3. The summed E-state index contributed by atoms with van der Waals surface area (Å²) in [4.78, 5) is 0.122. The third-order valence-corrected chi connectivity index (χ3v) is 5.43. The Morgan fingerprint density at radius 2 is 2.00 bits per heavy atom. The molecule has 0 radical (unpaired) electrons. The topological polar surface area (TPSA) is 96.4 Å². The Morgan fingerprint density at radius 1 is 1.33 bits per heavy atom. The molecule has 0 aliphatic rings. The minimum Gasteiger partial charge on any atom is -0.398 e. The molecule has 0 saturated carbocycles. The summed E-state index contributed by atoms with van der Waals surface area (Å²) in [6.07, 6.45) is 0.119. The van der Waals surface area contributed by atoms with E-state index < -0.39 is 10.0 Å². The van der Waals surface area contributed by atoms with Gasteiger partial charge in [-0.25, -0.2) is 8.42 Å². The van der Waals surface area contributed by atoms with Crippen LogP contribution in [0.2, 0.25) is 0 Å². The number of hydrogen-bond donors (Lipinski definition) is 1. The smallest absolute Gasteiger partial charge is 0.245 e. The van der Waals surface area contributed by atoms with E-state index in [1.54, 1.807) is 19.1 Å². The summed E-state index contributed by atoms with van der Waals surface area (Å²) >= 11 is 0. The van der Waals surface area contributed by atoms with Crippen molar-refractivity contribution in [1.29, 1.82) is 5.26 Å². The van der Waals surface area contributed by atoms with Crippen LogP contribution < -0.4 is 5.73 Å². The minimum atomic E-state index is -3.75. The quantitative estimate of drug-likeness (QED) is 0.768. The number of anilines is 1. The third kappa shape index (κ3) is 3.94. The van der Waals surface area contributed by atoms with Gasteiger partial charge in [0.2, 0.25) is 10.0 Å². The van der Waals surface area contributed by atoms with Crippen LogP contribution >= 0.6 is 0 Å². The zero-order valence-electron chi connectivity index (χ0n) is 12.6. The van der Waals surface area contributed by atoms with Gasteiger partial charge in [-0.1, -0.05) is 6.07 Å². The van der Waals surface area contributed by atoms with Crippen molar-refractivity contribution in [3.8, 4) is 6.07 Å². The van der Waals surface area contributed by atoms with Gasteiger partial charge in [-0.15, -0.1) is 0 Å². The number of ether oxygens (including phenoxy) is 1. The van der Waals surface area contributed by atoms with Crippen LogP contribution in [0.15, 0.2) is 17.0 Å². The molecule has 1 rings (SSSR count). The maximum Gasteiger partial charge on any atom is 0.245 e. The molecule has 0 bridgehead atoms. The molecule has 0 aliphatic carbocycles. The largest absolute Gasteiger partial charge is 0.398 e. The van der Waals surface area contributed by atoms with Crippen LogP contribution in [0.4, 0.5) is 5.69 Å². The molecular weight excluding hydrogens is 290 g/mol. The van der Waals surface area contributed by atoms with Crippen molar-refractivity contribution in [1.82, 2.24) is 4.31 Å². The van der Waals surface area contributed by atoms with E-state index in [-0.39, 0.29) is 36.7 Å². The molecule has 7 heteroatoms. The second-order valence-corrected chi connectivity index (χ2v) is 6.61. The fourth-order valence-electron chi connectivity index (χ4n) is 2.00. The van der Waals surface area contributed by atoms with Crippen molar-refractivity contribution in [2.75, 3.05) is 32.5 Å². The lowest BCUT2D eigenvalue weighted by Gasteiger charge is -2.23. The number of methoxy groups -OCH3 is 1. The first-order valence-electron chi connectivity index (χ1n) is 6.58. The molecule has 1 aromatic rings. The number of benzene rings is 1. The Labute approximate surface area is 126 Å². The average molecular weight is 311 g/mol. The van der Waals surface area contributed by atoms with Gasteiger partial charge in [0.1, 0.15) is 4.90 Å². The van der Waals surface area contributed by atoms with Gasteiger partial charge in [-0.3, -0.25) is 0 Å². The molecule has 0 aliphatic heterocycles. The molecule has 0 amide bonds. The zero-order valence-corrected chi connectivity index (χ0v) is 13.4. The van der Waals surface area contributed by atoms with Crippen molar-refractivity contribution >= 4 is 15.7 Å². The molecular formula is C14H21N3O3S. The van der Waals surface area contributed by atoms with Crippen LogP contribution in [0.25, 0.3) is 0 Å². The number of hydrogen-bond acceptors (Lipinski definition) is 5. The summed E-state index contributed by atoms with van der Waals surface area (Å²) in [5.74, 6) is 0. The number of rotatable bonds is 7. The van der Waals surface area contributed by atoms with Crippen LogP contribution in [0, 0.1) is 25.2 Å². The highest BCUT2D eigenvalue weighted by Gasteiger charge is 2.28. The van der Waals surface area contributed by atoms with Gasteiger partial charge in [-0.2, -0.15) is 9.57 Å². The maximum atomic E-state index is 12.8. The first kappa shape index (κ1) is 17.4. The molecule has 0 unspecified atom stereocenters. The summed E-state index contributed by atoms with van der Waals surface area (Å²) in [5, 5.41) is 8.70. The summed E-state index contributed by atoms with van der Waals surface area (Å²) in [6, 6.07) is 5.34. The van der Waals surface area contributed by atoms with Crippen molar-refractivity contribution in [3.05, 3.63) is 23.3 Å². The fourth-order valence-corrected chi connectivity index (χ4v) is 3.82. The van der Waals surface area contributed by atoms with Crippen molar-refractivity contribution in [2.24, 2.45) is 0 Å². The molecule has 0 spiro atoms. The summed E-state index contributed by atoms with van der Waals surface area (Å²) in [6.45, 7) is 4.14. The molecule has 21 heavy (non-hydrogen) atoms. The van der Waals surface area contributed by atoms with Gasteiger partial charge < -0.3 is 10.5 Å². The third-order valence-electron chi connectivity index (χ3n) is 3.32. The van der Waals surface area contributed by atoms with Crippen molar-refractivity contribution < 1.29 is 13.2 Å². The van der Waals surface area contributed by atoms with Crippen LogP contribution in [0.1, 0.15) is 17.5 Å². The molecule has 1 aromatic carbocycles. The second-order valence-electron chi connectivity index (χ2n) is 4.73. The van der Waals surface area contributed by atoms with Crippen LogP contribution in [0.5, 0.6) is 0 Å². The highest BCUT2D eigenvalue weighted by Crippen LogP contribution is 2.28. The Hall–Kier alpha value is -1.62. The molecule has 0 saturated heterocycles. The number of nitriles is 1. The van der Waals surface area contributed by atoms with Gasteiger partial charge in [-0.05, 0) is 31.0 Å². The van der Waals surface area contributed by atoms with E-state index in [1.807, 2.05) is 13.0 Å². The van der Waals surface area contributed by atoms with E-state index in [1.165, 1.54) is 11.4 Å². The lowest BCUT2D eigenvalue weighted by molar-refractivity contribution is 0.179. The highest BCUT2D eigenvalue weighted by atomic mass is 32.2. The van der Waals surface area contributed by atoms with E-state index in [0.717, 1.165) is 5.56 Å². The minimum absolute atomic E-state index is 0.119. The average Bonchev–Trinajstić information content (AvgIpc) is 2.43. The SMILES string of the molecule is COCCN(CCC#N)S(=O)(=O)c1c(N)ccc(C)c1C. The number of nitrogens with zero attached hydrogens (tertiary/aromatic N) is 2. The van der Waals surface area contributed by atoms with E-state index in [0.29, 0.717) is 5.56 Å². The first-order valence-corrected chi connectivity index (χ1v) is 8.02.